The Hall–Kier alpha value is -8.34. The third kappa shape index (κ3) is 9.43. The highest BCUT2D eigenvalue weighted by Crippen LogP contribution is 2.41. The van der Waals surface area contributed by atoms with Gasteiger partial charge in [0.15, 0.2) is 0 Å². The van der Waals surface area contributed by atoms with Crippen LogP contribution in [-0.4, -0.2) is 6.04 Å². The van der Waals surface area contributed by atoms with Gasteiger partial charge in [0, 0.05) is 62.6 Å². The van der Waals surface area contributed by atoms with Gasteiger partial charge >= 0.3 is 0 Å². The Morgan fingerprint density at radius 3 is 0.881 bits per heavy atom. The van der Waals surface area contributed by atoms with E-state index in [1.54, 1.807) is 0 Å². The van der Waals surface area contributed by atoms with Crippen molar-refractivity contribution in [3.8, 4) is 11.1 Å². The molecule has 1 aliphatic rings. The maximum absolute atomic E-state index is 2.46. The number of para-hydroxylation sites is 3. The van der Waals surface area contributed by atoms with E-state index in [2.05, 4.69) is 295 Å². The first-order chi connectivity index (χ1) is 32.9. The van der Waals surface area contributed by atoms with E-state index in [0.717, 1.165) is 74.4 Å². The highest BCUT2D eigenvalue weighted by molar-refractivity contribution is 5.83. The molecule has 0 fully saturated rings. The number of benzene rings is 9. The number of anilines is 11. The molecule has 0 spiro atoms. The fraction of sp³-hybridized carbons (Fsp3) is 0.0794. The number of allylic oxidation sites excluding steroid dienone is 2. The predicted molar refractivity (Wildman–Crippen MR) is 285 cm³/mol. The molecule has 0 radical (unpaired) electrons. The first-order valence-corrected chi connectivity index (χ1v) is 23.2. The van der Waals surface area contributed by atoms with Crippen LogP contribution in [0, 0.1) is 13.8 Å². The Kier molecular flexibility index (Phi) is 12.3. The van der Waals surface area contributed by atoms with Crippen LogP contribution in [0.25, 0.3) is 11.1 Å². The topological polar surface area (TPSA) is 13.0 Å². The van der Waals surface area contributed by atoms with Crippen molar-refractivity contribution in [3.05, 3.63) is 272 Å². The molecule has 0 aliphatic heterocycles. The summed E-state index contributed by atoms with van der Waals surface area (Å²) in [5, 5.41) is 0. The summed E-state index contributed by atoms with van der Waals surface area (Å²) in [6, 6.07) is 85.4. The molecule has 0 N–H and O–H groups in total. The molecular formula is C63H54N4. The summed E-state index contributed by atoms with van der Waals surface area (Å²) in [7, 11) is 0. The largest absolute Gasteiger partial charge is 0.334 e. The highest BCUT2D eigenvalue weighted by Gasteiger charge is 2.22. The second-order valence-corrected chi connectivity index (χ2v) is 17.3. The van der Waals surface area contributed by atoms with Gasteiger partial charge in [-0.25, -0.2) is 0 Å². The van der Waals surface area contributed by atoms with Crippen LogP contribution in [-0.2, 0) is 0 Å². The lowest BCUT2D eigenvalue weighted by Gasteiger charge is -2.34. The van der Waals surface area contributed by atoms with E-state index in [-0.39, 0.29) is 6.04 Å². The van der Waals surface area contributed by atoms with Crippen molar-refractivity contribution in [3.63, 3.8) is 0 Å². The lowest BCUT2D eigenvalue weighted by molar-refractivity contribution is 0.779. The quantitative estimate of drug-likeness (QED) is 0.114. The Morgan fingerprint density at radius 2 is 0.567 bits per heavy atom. The van der Waals surface area contributed by atoms with Gasteiger partial charge in [-0.05, 0) is 172 Å². The number of hydrogen-bond acceptors (Lipinski definition) is 4. The normalized spacial score (nSPS) is 13.1. The van der Waals surface area contributed by atoms with E-state index in [1.165, 1.54) is 22.4 Å². The average molecular weight is 867 g/mol. The van der Waals surface area contributed by atoms with Gasteiger partial charge in [0.05, 0.1) is 6.04 Å². The molecule has 9 aromatic carbocycles. The summed E-state index contributed by atoms with van der Waals surface area (Å²) >= 11 is 0. The van der Waals surface area contributed by atoms with E-state index in [9.17, 15) is 0 Å². The Balaban J connectivity index is 0.926. The van der Waals surface area contributed by atoms with Crippen molar-refractivity contribution in [1.29, 1.82) is 0 Å². The summed E-state index contributed by atoms with van der Waals surface area (Å²) in [6.07, 6.45) is 7.87. The molecule has 1 aliphatic carbocycles. The second kappa shape index (κ2) is 19.4. The molecule has 0 saturated carbocycles. The van der Waals surface area contributed by atoms with E-state index in [4.69, 9.17) is 0 Å². The fourth-order valence-corrected chi connectivity index (χ4v) is 9.03. The van der Waals surface area contributed by atoms with Crippen molar-refractivity contribution in [2.75, 3.05) is 19.6 Å². The van der Waals surface area contributed by atoms with Gasteiger partial charge in [-0.2, -0.15) is 0 Å². The Labute approximate surface area is 396 Å². The molecule has 1 atom stereocenters. The van der Waals surface area contributed by atoms with Gasteiger partial charge in [-0.15, -0.1) is 0 Å². The van der Waals surface area contributed by atoms with Gasteiger partial charge in [0.25, 0.3) is 0 Å². The molecule has 0 saturated heterocycles. The van der Waals surface area contributed by atoms with Crippen LogP contribution in [0.5, 0.6) is 0 Å². The maximum Gasteiger partial charge on any atom is 0.0560 e. The molecule has 4 nitrogen and oxygen atoms in total. The van der Waals surface area contributed by atoms with Crippen LogP contribution in [0.15, 0.2) is 260 Å². The summed E-state index contributed by atoms with van der Waals surface area (Å²) < 4.78 is 0. The molecule has 326 valence electrons. The van der Waals surface area contributed by atoms with Crippen LogP contribution in [0.1, 0.15) is 24.5 Å². The maximum atomic E-state index is 2.46. The van der Waals surface area contributed by atoms with Gasteiger partial charge < -0.3 is 19.6 Å². The molecule has 10 rings (SSSR count). The molecule has 0 heterocycles. The summed E-state index contributed by atoms with van der Waals surface area (Å²) in [5.74, 6) is 0. The summed E-state index contributed by atoms with van der Waals surface area (Å²) in [5.41, 5.74) is 18.4. The van der Waals surface area contributed by atoms with Gasteiger partial charge in [-0.1, -0.05) is 138 Å². The van der Waals surface area contributed by atoms with Crippen molar-refractivity contribution < 1.29 is 0 Å². The first-order valence-electron chi connectivity index (χ1n) is 23.2. The number of rotatable bonds is 13. The van der Waals surface area contributed by atoms with E-state index in [0.29, 0.717) is 0 Å². The molecular weight excluding hydrogens is 813 g/mol. The highest BCUT2D eigenvalue weighted by atomic mass is 15.2. The molecule has 1 unspecified atom stereocenters. The van der Waals surface area contributed by atoms with Crippen molar-refractivity contribution >= 4 is 62.6 Å². The molecule has 0 aromatic heterocycles. The first kappa shape index (κ1) is 42.6. The number of nitrogens with zero attached hydrogens (tertiary/aromatic N) is 4. The van der Waals surface area contributed by atoms with Crippen LogP contribution >= 0.6 is 0 Å². The van der Waals surface area contributed by atoms with Gasteiger partial charge in [0.2, 0.25) is 0 Å². The minimum Gasteiger partial charge on any atom is -0.334 e. The zero-order valence-corrected chi connectivity index (χ0v) is 38.3. The Bertz CT molecular complexity index is 3070. The third-order valence-electron chi connectivity index (χ3n) is 12.6. The molecule has 67 heavy (non-hydrogen) atoms. The lowest BCUT2D eigenvalue weighted by atomic mass is 10.0. The zero-order valence-electron chi connectivity index (χ0n) is 38.3. The Morgan fingerprint density at radius 1 is 0.299 bits per heavy atom. The SMILES string of the molecule is CC1=CCC(N(c2ccc(C)cc2)c2ccc(N(c3ccccc3)c3ccc(-c4ccc(N(c5ccccc5)c5ccc(N(c6ccccc6)c6ccc(C)cc6)cc5)cc4)cc3)cc2)C=C1. The predicted octanol–water partition coefficient (Wildman–Crippen LogP) is 17.8. The smallest absolute Gasteiger partial charge is 0.0560 e. The lowest BCUT2D eigenvalue weighted by Crippen LogP contribution is -2.30. The van der Waals surface area contributed by atoms with Crippen LogP contribution in [0.4, 0.5) is 62.6 Å². The summed E-state index contributed by atoms with van der Waals surface area (Å²) in [6.45, 7) is 6.44. The summed E-state index contributed by atoms with van der Waals surface area (Å²) in [4.78, 5) is 9.42. The van der Waals surface area contributed by atoms with E-state index >= 15 is 0 Å². The monoisotopic (exact) mass is 866 g/mol. The molecule has 9 aromatic rings. The minimum atomic E-state index is 0.235. The van der Waals surface area contributed by atoms with Crippen LogP contribution < -0.4 is 19.6 Å². The third-order valence-corrected chi connectivity index (χ3v) is 12.6. The molecule has 0 amide bonds. The van der Waals surface area contributed by atoms with Crippen molar-refractivity contribution in [2.45, 2.75) is 33.2 Å². The van der Waals surface area contributed by atoms with Crippen LogP contribution in [0.2, 0.25) is 0 Å². The van der Waals surface area contributed by atoms with Crippen molar-refractivity contribution in [2.24, 2.45) is 0 Å². The van der Waals surface area contributed by atoms with E-state index in [1.807, 2.05) is 0 Å². The van der Waals surface area contributed by atoms with Gasteiger partial charge in [0.1, 0.15) is 0 Å². The second-order valence-electron chi connectivity index (χ2n) is 17.3. The van der Waals surface area contributed by atoms with Crippen molar-refractivity contribution in [1.82, 2.24) is 0 Å². The zero-order chi connectivity index (χ0) is 45.5. The van der Waals surface area contributed by atoms with Crippen LogP contribution in [0.3, 0.4) is 0 Å². The standard InChI is InChI=1S/C63H54N4/c1-47-19-29-55(30-20-47)64(52-13-7-4-8-14-52)60-39-41-61(42-40-60)65(53-15-9-5-10-16-53)58-35-25-50(26-36-58)51-27-37-59(38-28-51)66(54-17-11-6-12-18-54)62-43-45-63(46-44-62)67(56-31-21-48(2)22-32-56)57-33-23-49(3)24-34-57/h4-33,35-46,57H,34H2,1-3H3. The molecule has 4 heteroatoms. The number of aryl methyl sites for hydroxylation is 2. The van der Waals surface area contributed by atoms with Gasteiger partial charge in [-0.3, -0.25) is 0 Å². The number of hydrogen-bond donors (Lipinski definition) is 0. The minimum absolute atomic E-state index is 0.235. The fourth-order valence-electron chi connectivity index (χ4n) is 9.03. The molecule has 0 bridgehead atoms. The average Bonchev–Trinajstić information content (AvgIpc) is 3.38. The van der Waals surface area contributed by atoms with E-state index < -0.39 is 0 Å².